The molecule has 110 valence electrons. The Morgan fingerprint density at radius 2 is 1.78 bits per heavy atom. The lowest BCUT2D eigenvalue weighted by molar-refractivity contribution is -0.136. The summed E-state index contributed by atoms with van der Waals surface area (Å²) in [5, 5.41) is 12.3. The zero-order chi connectivity index (χ0) is 14.4. The number of aliphatic hydroxyl groups excluding tert-OH is 1. The average Bonchev–Trinajstić information content (AvgIpc) is 2.26. The van der Waals surface area contributed by atoms with Crippen LogP contribution in [0.25, 0.3) is 0 Å². The first-order valence-electron chi connectivity index (χ1n) is 6.29. The van der Waals surface area contributed by atoms with Crippen molar-refractivity contribution in [2.24, 2.45) is 11.7 Å². The first kappa shape index (κ1) is 17.7. The van der Waals surface area contributed by atoms with Crippen LogP contribution in [0.5, 0.6) is 0 Å². The van der Waals surface area contributed by atoms with Crippen LogP contribution in [0.4, 0.5) is 13.2 Å². The van der Waals surface area contributed by atoms with Crippen molar-refractivity contribution in [2.75, 3.05) is 13.2 Å². The van der Waals surface area contributed by atoms with Crippen molar-refractivity contribution in [3.8, 4) is 0 Å². The summed E-state index contributed by atoms with van der Waals surface area (Å²) in [4.78, 5) is 0. The predicted octanol–water partition coefficient (Wildman–Crippen LogP) is 2.04. The number of rotatable bonds is 8. The lowest BCUT2D eigenvalue weighted by atomic mass is 9.91. The van der Waals surface area contributed by atoms with Gasteiger partial charge in [-0.15, -0.1) is 0 Å². The van der Waals surface area contributed by atoms with Gasteiger partial charge in [-0.25, -0.2) is 0 Å². The largest absolute Gasteiger partial charge is 0.396 e. The Morgan fingerprint density at radius 1 is 1.22 bits per heavy atom. The second-order valence-electron chi connectivity index (χ2n) is 5.33. The third-order valence-electron chi connectivity index (χ3n) is 3.36. The minimum atomic E-state index is -4.11. The highest BCUT2D eigenvalue weighted by Crippen LogP contribution is 2.25. The fourth-order valence-corrected chi connectivity index (χ4v) is 1.76. The predicted molar refractivity (Wildman–Crippen MR) is 66.2 cm³/mol. The number of nitrogens with one attached hydrogen (secondary N) is 1. The van der Waals surface area contributed by atoms with Gasteiger partial charge in [0.05, 0.1) is 0 Å². The van der Waals surface area contributed by atoms with Crippen molar-refractivity contribution in [3.63, 3.8) is 0 Å². The molecule has 6 heteroatoms. The summed E-state index contributed by atoms with van der Waals surface area (Å²) in [5.74, 6) is 0.0403. The minimum Gasteiger partial charge on any atom is -0.396 e. The maximum Gasteiger partial charge on any atom is 0.389 e. The van der Waals surface area contributed by atoms with Gasteiger partial charge in [-0.3, -0.25) is 0 Å². The lowest BCUT2D eigenvalue weighted by Crippen LogP contribution is -2.54. The van der Waals surface area contributed by atoms with Gasteiger partial charge in [0.2, 0.25) is 0 Å². The number of aliphatic hydroxyl groups is 1. The zero-order valence-electron chi connectivity index (χ0n) is 11.3. The van der Waals surface area contributed by atoms with E-state index in [4.69, 9.17) is 10.8 Å². The molecule has 3 unspecified atom stereocenters. The first-order valence-corrected chi connectivity index (χ1v) is 6.29. The molecular formula is C12H25F3N2O. The Balaban J connectivity index is 4.26. The zero-order valence-corrected chi connectivity index (χ0v) is 11.3. The van der Waals surface area contributed by atoms with Gasteiger partial charge in [-0.1, -0.05) is 6.92 Å². The normalized spacial score (nSPS) is 19.3. The minimum absolute atomic E-state index is 0.00874. The van der Waals surface area contributed by atoms with Crippen LogP contribution in [-0.2, 0) is 0 Å². The van der Waals surface area contributed by atoms with Gasteiger partial charge >= 0.3 is 6.18 Å². The summed E-state index contributed by atoms with van der Waals surface area (Å²) in [6.07, 6.45) is -4.47. The Kier molecular flexibility index (Phi) is 7.17. The summed E-state index contributed by atoms with van der Waals surface area (Å²) >= 11 is 0. The van der Waals surface area contributed by atoms with Crippen LogP contribution in [-0.4, -0.2) is 36.0 Å². The van der Waals surface area contributed by atoms with E-state index in [1.54, 1.807) is 0 Å². The van der Waals surface area contributed by atoms with Gasteiger partial charge in [0.1, 0.15) is 0 Å². The van der Waals surface area contributed by atoms with Crippen LogP contribution in [0, 0.1) is 5.92 Å². The Hall–Kier alpha value is -0.330. The molecule has 3 atom stereocenters. The molecular weight excluding hydrogens is 245 g/mol. The highest BCUT2D eigenvalue weighted by atomic mass is 19.4. The Bertz CT molecular complexity index is 236. The van der Waals surface area contributed by atoms with E-state index in [1.807, 2.05) is 20.8 Å². The standard InChI is InChI=1S/C12H25F3N2O/c1-9(7-18)10(2)17-11(3,8-16)5-4-6-12(13,14)15/h9-10,17-18H,4-8,16H2,1-3H3. The molecule has 0 fully saturated rings. The van der Waals surface area contributed by atoms with E-state index in [0.29, 0.717) is 6.42 Å². The number of alkyl halides is 3. The second-order valence-corrected chi connectivity index (χ2v) is 5.33. The van der Waals surface area contributed by atoms with Gasteiger partial charge in [-0.05, 0) is 32.6 Å². The third-order valence-corrected chi connectivity index (χ3v) is 3.36. The van der Waals surface area contributed by atoms with Crippen molar-refractivity contribution in [2.45, 2.75) is 57.8 Å². The third kappa shape index (κ3) is 7.18. The smallest absolute Gasteiger partial charge is 0.389 e. The van der Waals surface area contributed by atoms with Crippen LogP contribution in [0.2, 0.25) is 0 Å². The fraction of sp³-hybridized carbons (Fsp3) is 1.00. The van der Waals surface area contributed by atoms with Crippen molar-refractivity contribution < 1.29 is 18.3 Å². The molecule has 3 nitrogen and oxygen atoms in total. The molecule has 0 amide bonds. The van der Waals surface area contributed by atoms with Crippen LogP contribution in [0.3, 0.4) is 0 Å². The van der Waals surface area contributed by atoms with Crippen LogP contribution < -0.4 is 11.1 Å². The van der Waals surface area contributed by atoms with Gasteiger partial charge < -0.3 is 16.2 Å². The molecule has 0 aliphatic carbocycles. The molecule has 0 saturated carbocycles. The van der Waals surface area contributed by atoms with Crippen molar-refractivity contribution in [3.05, 3.63) is 0 Å². The highest BCUT2D eigenvalue weighted by Gasteiger charge is 2.30. The second kappa shape index (κ2) is 7.31. The molecule has 0 aliphatic heterocycles. The van der Waals surface area contributed by atoms with Gasteiger partial charge in [-0.2, -0.15) is 13.2 Å². The Labute approximate surface area is 107 Å². The summed E-state index contributed by atoms with van der Waals surface area (Å²) in [6.45, 7) is 5.91. The highest BCUT2D eigenvalue weighted by molar-refractivity contribution is 4.88. The molecule has 0 bridgehead atoms. The number of hydrogen-bond acceptors (Lipinski definition) is 3. The van der Waals surface area contributed by atoms with E-state index in [9.17, 15) is 13.2 Å². The van der Waals surface area contributed by atoms with Crippen molar-refractivity contribution in [1.82, 2.24) is 5.32 Å². The van der Waals surface area contributed by atoms with Crippen molar-refractivity contribution in [1.29, 1.82) is 0 Å². The summed E-state index contributed by atoms with van der Waals surface area (Å²) in [7, 11) is 0. The molecule has 0 radical (unpaired) electrons. The molecule has 4 N–H and O–H groups in total. The first-order chi connectivity index (χ1) is 8.13. The molecule has 18 heavy (non-hydrogen) atoms. The Morgan fingerprint density at radius 3 is 2.17 bits per heavy atom. The summed E-state index contributed by atoms with van der Waals surface area (Å²) < 4.78 is 36.3. The average molecular weight is 270 g/mol. The fourth-order valence-electron chi connectivity index (χ4n) is 1.76. The van der Waals surface area contributed by atoms with Crippen LogP contribution in [0.1, 0.15) is 40.0 Å². The maximum atomic E-state index is 12.1. The summed E-state index contributed by atoms with van der Waals surface area (Å²) in [6, 6.07) is 0.00874. The lowest BCUT2D eigenvalue weighted by Gasteiger charge is -2.35. The van der Waals surface area contributed by atoms with Gasteiger partial charge in [0, 0.05) is 31.2 Å². The number of halogens is 3. The molecule has 0 aromatic rings. The van der Waals surface area contributed by atoms with Crippen LogP contribution >= 0.6 is 0 Å². The molecule has 0 aliphatic rings. The van der Waals surface area contributed by atoms with E-state index in [0.717, 1.165) is 0 Å². The maximum absolute atomic E-state index is 12.1. The molecule has 0 rings (SSSR count). The molecule has 0 aromatic heterocycles. The molecule has 0 spiro atoms. The van der Waals surface area contributed by atoms with E-state index < -0.39 is 18.1 Å². The molecule has 0 aromatic carbocycles. The van der Waals surface area contributed by atoms with E-state index >= 15 is 0 Å². The molecule has 0 saturated heterocycles. The topological polar surface area (TPSA) is 58.3 Å². The van der Waals surface area contributed by atoms with Gasteiger partial charge in [0.15, 0.2) is 0 Å². The monoisotopic (exact) mass is 270 g/mol. The quantitative estimate of drug-likeness (QED) is 0.632. The van der Waals surface area contributed by atoms with E-state index in [2.05, 4.69) is 5.32 Å². The number of nitrogens with two attached hydrogens (primary N) is 1. The van der Waals surface area contributed by atoms with Crippen molar-refractivity contribution >= 4 is 0 Å². The molecule has 0 heterocycles. The van der Waals surface area contributed by atoms with Gasteiger partial charge in [0.25, 0.3) is 0 Å². The van der Waals surface area contributed by atoms with Crippen LogP contribution in [0.15, 0.2) is 0 Å². The SMILES string of the molecule is CC(CO)C(C)NC(C)(CN)CCCC(F)(F)F. The summed E-state index contributed by atoms with van der Waals surface area (Å²) in [5.41, 5.74) is 5.12. The number of hydrogen-bond donors (Lipinski definition) is 3. The van der Waals surface area contributed by atoms with E-state index in [-0.39, 0.29) is 31.5 Å². The van der Waals surface area contributed by atoms with E-state index in [1.165, 1.54) is 0 Å².